The van der Waals surface area contributed by atoms with Gasteiger partial charge in [0.1, 0.15) is 5.82 Å². The molecule has 0 bridgehead atoms. The van der Waals surface area contributed by atoms with E-state index in [2.05, 4.69) is 5.32 Å². The van der Waals surface area contributed by atoms with E-state index in [4.69, 9.17) is 0 Å². The van der Waals surface area contributed by atoms with Crippen molar-refractivity contribution in [1.82, 2.24) is 0 Å². The first kappa shape index (κ1) is 13.1. The normalized spacial score (nSPS) is 10.3. The van der Waals surface area contributed by atoms with Crippen LogP contribution in [0, 0.1) is 24.4 Å². The molecule has 1 N–H and O–H groups in total. The quantitative estimate of drug-likeness (QED) is 0.882. The summed E-state index contributed by atoms with van der Waals surface area (Å²) in [7, 11) is 0. The largest absolute Gasteiger partial charge is 0.322 e. The number of aryl methyl sites for hydroxylation is 1. The summed E-state index contributed by atoms with van der Waals surface area (Å²) >= 11 is 0. The maximum Gasteiger partial charge on any atom is 0.255 e. The number of rotatable bonds is 2. The molecule has 19 heavy (non-hydrogen) atoms. The predicted molar refractivity (Wildman–Crippen MR) is 65.4 cm³/mol. The summed E-state index contributed by atoms with van der Waals surface area (Å²) in [4.78, 5) is 11.8. The average molecular weight is 265 g/mol. The van der Waals surface area contributed by atoms with Crippen molar-refractivity contribution in [1.29, 1.82) is 0 Å². The Balaban J connectivity index is 2.25. The number of anilines is 1. The molecular weight excluding hydrogens is 255 g/mol. The first-order valence-electron chi connectivity index (χ1n) is 5.50. The topological polar surface area (TPSA) is 29.1 Å². The number of amides is 1. The number of carbonyl (C=O) groups is 1. The molecule has 0 radical (unpaired) electrons. The third-order valence-electron chi connectivity index (χ3n) is 2.63. The zero-order valence-corrected chi connectivity index (χ0v) is 10.0. The third-order valence-corrected chi connectivity index (χ3v) is 2.63. The van der Waals surface area contributed by atoms with Crippen molar-refractivity contribution in [2.75, 3.05) is 5.32 Å². The van der Waals surface area contributed by atoms with Gasteiger partial charge >= 0.3 is 0 Å². The van der Waals surface area contributed by atoms with Gasteiger partial charge in [0.05, 0.1) is 0 Å². The van der Waals surface area contributed by atoms with Gasteiger partial charge in [0.25, 0.3) is 5.91 Å². The van der Waals surface area contributed by atoms with Crippen molar-refractivity contribution >= 4 is 11.6 Å². The van der Waals surface area contributed by atoms with E-state index in [9.17, 15) is 18.0 Å². The van der Waals surface area contributed by atoms with E-state index < -0.39 is 23.4 Å². The second kappa shape index (κ2) is 5.14. The van der Waals surface area contributed by atoms with Gasteiger partial charge < -0.3 is 5.32 Å². The summed E-state index contributed by atoms with van der Waals surface area (Å²) in [6.45, 7) is 1.69. The lowest BCUT2D eigenvalue weighted by atomic mass is 10.1. The molecule has 0 saturated heterocycles. The Bertz CT molecular complexity index is 641. The Morgan fingerprint density at radius 2 is 1.74 bits per heavy atom. The third kappa shape index (κ3) is 2.93. The lowest BCUT2D eigenvalue weighted by molar-refractivity contribution is 0.102. The molecule has 0 aromatic heterocycles. The van der Waals surface area contributed by atoms with Gasteiger partial charge in [0, 0.05) is 11.3 Å². The van der Waals surface area contributed by atoms with E-state index in [1.807, 2.05) is 0 Å². The minimum absolute atomic E-state index is 0.0393. The molecule has 0 spiro atoms. The van der Waals surface area contributed by atoms with Crippen molar-refractivity contribution in [3.63, 3.8) is 0 Å². The summed E-state index contributed by atoms with van der Waals surface area (Å²) in [5, 5.41) is 2.45. The van der Waals surface area contributed by atoms with Crippen LogP contribution in [-0.4, -0.2) is 5.91 Å². The smallest absolute Gasteiger partial charge is 0.255 e. The van der Waals surface area contributed by atoms with Crippen molar-refractivity contribution in [2.45, 2.75) is 6.92 Å². The first-order chi connectivity index (χ1) is 8.97. The minimum Gasteiger partial charge on any atom is -0.322 e. The van der Waals surface area contributed by atoms with Crippen LogP contribution in [0.25, 0.3) is 0 Å². The van der Waals surface area contributed by atoms with Gasteiger partial charge in [-0.3, -0.25) is 4.79 Å². The molecule has 0 aliphatic heterocycles. The van der Waals surface area contributed by atoms with E-state index in [-0.39, 0.29) is 11.3 Å². The Hall–Kier alpha value is -2.30. The number of carbonyl (C=O) groups excluding carboxylic acids is 1. The lowest BCUT2D eigenvalue weighted by Gasteiger charge is -2.08. The number of nitrogens with one attached hydrogen (secondary N) is 1. The van der Waals surface area contributed by atoms with Gasteiger partial charge in [-0.2, -0.15) is 0 Å². The fourth-order valence-corrected chi connectivity index (χ4v) is 1.56. The van der Waals surface area contributed by atoms with Crippen LogP contribution in [0.2, 0.25) is 0 Å². The van der Waals surface area contributed by atoms with E-state index >= 15 is 0 Å². The molecule has 0 fully saturated rings. The van der Waals surface area contributed by atoms with E-state index in [1.165, 1.54) is 12.1 Å². The van der Waals surface area contributed by atoms with Crippen molar-refractivity contribution in [2.24, 2.45) is 0 Å². The van der Waals surface area contributed by atoms with Crippen LogP contribution in [0.15, 0.2) is 36.4 Å². The SMILES string of the molecule is Cc1ccc(F)cc1NC(=O)c1ccc(F)c(F)c1. The van der Waals surface area contributed by atoms with Crippen LogP contribution in [0.4, 0.5) is 18.9 Å². The van der Waals surface area contributed by atoms with Gasteiger partial charge in [-0.05, 0) is 42.8 Å². The second-order valence-corrected chi connectivity index (χ2v) is 4.04. The molecule has 0 aliphatic carbocycles. The van der Waals surface area contributed by atoms with Crippen LogP contribution in [0.1, 0.15) is 15.9 Å². The lowest BCUT2D eigenvalue weighted by Crippen LogP contribution is -2.13. The summed E-state index contributed by atoms with van der Waals surface area (Å²) in [5.74, 6) is -3.26. The molecule has 2 nitrogen and oxygen atoms in total. The Labute approximate surface area is 107 Å². The Morgan fingerprint density at radius 1 is 1.00 bits per heavy atom. The summed E-state index contributed by atoms with van der Waals surface area (Å²) < 4.78 is 38.8. The first-order valence-corrected chi connectivity index (χ1v) is 5.50. The monoisotopic (exact) mass is 265 g/mol. The Morgan fingerprint density at radius 3 is 2.42 bits per heavy atom. The van der Waals surface area contributed by atoms with Crippen molar-refractivity contribution in [3.8, 4) is 0 Å². The summed E-state index contributed by atoms with van der Waals surface area (Å²) in [5.41, 5.74) is 0.912. The highest BCUT2D eigenvalue weighted by atomic mass is 19.2. The second-order valence-electron chi connectivity index (χ2n) is 4.04. The molecule has 98 valence electrons. The Kier molecular flexibility index (Phi) is 3.55. The fourth-order valence-electron chi connectivity index (χ4n) is 1.56. The number of benzene rings is 2. The maximum absolute atomic E-state index is 13.1. The van der Waals surface area contributed by atoms with Gasteiger partial charge in [-0.1, -0.05) is 6.07 Å². The molecule has 0 aliphatic rings. The average Bonchev–Trinajstić information content (AvgIpc) is 2.37. The van der Waals surface area contributed by atoms with Crippen LogP contribution in [0.5, 0.6) is 0 Å². The molecule has 0 heterocycles. The highest BCUT2D eigenvalue weighted by Gasteiger charge is 2.11. The molecule has 2 aromatic rings. The molecule has 5 heteroatoms. The summed E-state index contributed by atoms with van der Waals surface area (Å²) in [6, 6.07) is 6.75. The van der Waals surface area contributed by atoms with Crippen molar-refractivity contribution < 1.29 is 18.0 Å². The number of hydrogen-bond donors (Lipinski definition) is 1. The van der Waals surface area contributed by atoms with Gasteiger partial charge in [0.15, 0.2) is 11.6 Å². The molecular formula is C14H10F3NO. The number of halogens is 3. The molecule has 2 aromatic carbocycles. The predicted octanol–water partition coefficient (Wildman–Crippen LogP) is 3.66. The highest BCUT2D eigenvalue weighted by molar-refractivity contribution is 6.04. The van der Waals surface area contributed by atoms with Crippen LogP contribution >= 0.6 is 0 Å². The van der Waals surface area contributed by atoms with Crippen LogP contribution < -0.4 is 5.32 Å². The molecule has 0 unspecified atom stereocenters. The van der Waals surface area contributed by atoms with Gasteiger partial charge in [-0.25, -0.2) is 13.2 Å². The summed E-state index contributed by atoms with van der Waals surface area (Å²) in [6.07, 6.45) is 0. The van der Waals surface area contributed by atoms with Crippen LogP contribution in [0.3, 0.4) is 0 Å². The van der Waals surface area contributed by atoms with E-state index in [0.29, 0.717) is 5.56 Å². The van der Waals surface area contributed by atoms with E-state index in [0.717, 1.165) is 24.3 Å². The van der Waals surface area contributed by atoms with E-state index in [1.54, 1.807) is 6.92 Å². The molecule has 2 rings (SSSR count). The minimum atomic E-state index is -1.11. The fraction of sp³-hybridized carbons (Fsp3) is 0.0714. The van der Waals surface area contributed by atoms with Gasteiger partial charge in [0.2, 0.25) is 0 Å². The standard InChI is InChI=1S/C14H10F3NO/c1-8-2-4-10(15)7-13(8)18-14(19)9-3-5-11(16)12(17)6-9/h2-7H,1H3,(H,18,19). The van der Waals surface area contributed by atoms with Gasteiger partial charge in [-0.15, -0.1) is 0 Å². The zero-order valence-electron chi connectivity index (χ0n) is 10.0. The number of hydrogen-bond acceptors (Lipinski definition) is 1. The molecule has 0 saturated carbocycles. The van der Waals surface area contributed by atoms with Crippen LogP contribution in [-0.2, 0) is 0 Å². The zero-order chi connectivity index (χ0) is 14.0. The van der Waals surface area contributed by atoms with Crippen molar-refractivity contribution in [3.05, 3.63) is 65.0 Å². The highest BCUT2D eigenvalue weighted by Crippen LogP contribution is 2.17. The maximum atomic E-state index is 13.1. The molecule has 1 amide bonds. The molecule has 0 atom stereocenters.